The number of hydrogen-bond donors (Lipinski definition) is 2. The fraction of sp³-hybridized carbons (Fsp3) is 0.585. The Morgan fingerprint density at radius 2 is 1.70 bits per heavy atom. The molecule has 1 spiro atoms. The van der Waals surface area contributed by atoms with Gasteiger partial charge in [0.25, 0.3) is 11.8 Å². The van der Waals surface area contributed by atoms with Crippen molar-refractivity contribution in [1.82, 2.24) is 39.7 Å². The van der Waals surface area contributed by atoms with E-state index >= 15 is 0 Å². The SMILES string of the molecule is CCN(CC=O)CCN1CCN(C)CC(=O)OCOC(=O)C1.CN1CC2(C1)CN(C(=O)CCC(=O)Nc1cccc3c(C(=O)NCC(=O)N4CC(F)(F)CC4C#N)ccnc13)C2.[Ga]. The number of benzene rings is 1. The minimum atomic E-state index is -3.15. The molecule has 63 heavy (non-hydrogen) atoms. The summed E-state index contributed by atoms with van der Waals surface area (Å²) < 4.78 is 37.0. The summed E-state index contributed by atoms with van der Waals surface area (Å²) in [7, 11) is 3.87. The first-order chi connectivity index (χ1) is 29.5. The number of halogens is 2. The van der Waals surface area contributed by atoms with E-state index in [-0.39, 0.29) is 75.3 Å². The average molecular weight is 939 g/mol. The third-order valence-electron chi connectivity index (χ3n) is 11.1. The van der Waals surface area contributed by atoms with Gasteiger partial charge < -0.3 is 39.6 Å². The van der Waals surface area contributed by atoms with Gasteiger partial charge in [-0.1, -0.05) is 19.1 Å². The standard InChI is InChI=1S/C27H29F2N7O4.C14H25N3O5.Ga/c1-34-12-26(13-34)14-35(15-26)22(38)6-5-21(37)33-20-4-2-3-18-19(7-8-31-24(18)20)25(40)32-11-23(39)36-16-27(28,29)9-17(36)10-30;1-3-16(8-9-18)6-7-17-5-4-15(2)10-13(19)21-12-22-14(20)11-17;/h2-4,7-8,17H,5-6,9,11-16H2,1H3,(H,32,40)(H,33,37);9H,3-8,10-12H2,1-2H3;. The van der Waals surface area contributed by atoms with Crippen LogP contribution in [0.15, 0.2) is 30.5 Å². The number of para-hydroxylation sites is 1. The van der Waals surface area contributed by atoms with Crippen molar-refractivity contribution >= 4 is 78.2 Å². The Balaban J connectivity index is 0.000000323. The maximum atomic E-state index is 13.7. The topological polar surface area (TPSA) is 218 Å². The number of carbonyl (C=O) groups is 7. The number of aromatic nitrogens is 1. The van der Waals surface area contributed by atoms with E-state index in [1.807, 2.05) is 35.7 Å². The van der Waals surface area contributed by atoms with Gasteiger partial charge in [0.15, 0.2) is 0 Å². The number of cyclic esters (lactones) is 2. The van der Waals surface area contributed by atoms with E-state index in [4.69, 9.17) is 14.7 Å². The number of nitrogens with one attached hydrogen (secondary N) is 2. The third kappa shape index (κ3) is 14.2. The third-order valence-corrected chi connectivity index (χ3v) is 11.1. The number of fused-ring (bicyclic) bond motifs is 1. The summed E-state index contributed by atoms with van der Waals surface area (Å²) >= 11 is 0. The van der Waals surface area contributed by atoms with Crippen LogP contribution in [-0.4, -0.2) is 221 Å². The van der Waals surface area contributed by atoms with Gasteiger partial charge in [-0.2, -0.15) is 5.26 Å². The molecule has 4 fully saturated rings. The number of esters is 2. The van der Waals surface area contributed by atoms with Crippen molar-refractivity contribution in [2.75, 3.05) is 118 Å². The van der Waals surface area contributed by atoms with Gasteiger partial charge in [0, 0.05) is 108 Å². The Morgan fingerprint density at radius 3 is 2.37 bits per heavy atom. The summed E-state index contributed by atoms with van der Waals surface area (Å²) in [5.74, 6) is -5.83. The maximum absolute atomic E-state index is 13.7. The molecule has 1 aromatic carbocycles. The van der Waals surface area contributed by atoms with E-state index in [1.54, 1.807) is 29.2 Å². The molecule has 5 heterocycles. The molecule has 4 aliphatic rings. The van der Waals surface area contributed by atoms with Crippen LogP contribution in [0.4, 0.5) is 14.5 Å². The van der Waals surface area contributed by atoms with Crippen molar-refractivity contribution in [2.45, 2.75) is 38.2 Å². The molecular weight excluding hydrogens is 884 g/mol. The quantitative estimate of drug-likeness (QED) is 0.149. The average Bonchev–Trinajstić information content (AvgIpc) is 3.53. The fourth-order valence-corrected chi connectivity index (χ4v) is 7.93. The smallest absolute Gasteiger partial charge is 0.323 e. The van der Waals surface area contributed by atoms with Crippen LogP contribution in [0.3, 0.4) is 0 Å². The number of anilines is 1. The molecular formula is C41H54F2GaN10O9. The van der Waals surface area contributed by atoms with E-state index in [1.165, 1.54) is 12.3 Å². The largest absolute Gasteiger partial charge is 0.427 e. The van der Waals surface area contributed by atoms with Crippen LogP contribution in [-0.2, 0) is 38.2 Å². The second-order valence-corrected chi connectivity index (χ2v) is 16.2. The van der Waals surface area contributed by atoms with Crippen molar-refractivity contribution in [3.63, 3.8) is 0 Å². The summed E-state index contributed by atoms with van der Waals surface area (Å²) in [6, 6.07) is 6.77. The number of likely N-dealkylation sites (N-methyl/N-ethyl adjacent to an activating group) is 2. The van der Waals surface area contributed by atoms with Crippen LogP contribution in [0.25, 0.3) is 10.9 Å². The van der Waals surface area contributed by atoms with Gasteiger partial charge in [0.2, 0.25) is 24.5 Å². The number of likely N-dealkylation sites (tertiary alicyclic amines) is 3. The number of ether oxygens (including phenoxy) is 2. The van der Waals surface area contributed by atoms with Crippen molar-refractivity contribution in [3.8, 4) is 6.07 Å². The van der Waals surface area contributed by atoms with E-state index in [9.17, 15) is 42.3 Å². The fourth-order valence-electron chi connectivity index (χ4n) is 7.93. The van der Waals surface area contributed by atoms with E-state index in [0.29, 0.717) is 49.3 Å². The summed E-state index contributed by atoms with van der Waals surface area (Å²) in [5, 5.41) is 14.7. The number of aldehydes is 1. The monoisotopic (exact) mass is 937 g/mol. The molecule has 4 amide bonds. The van der Waals surface area contributed by atoms with Gasteiger partial charge in [0.1, 0.15) is 12.3 Å². The molecule has 0 saturated carbocycles. The first kappa shape index (κ1) is 50.6. The summed E-state index contributed by atoms with van der Waals surface area (Å²) in [4.78, 5) is 99.1. The molecule has 1 atom stereocenters. The minimum absolute atomic E-state index is 0. The van der Waals surface area contributed by atoms with Gasteiger partial charge in [-0.3, -0.25) is 48.5 Å². The van der Waals surface area contributed by atoms with Gasteiger partial charge in [-0.15, -0.1) is 0 Å². The van der Waals surface area contributed by atoms with Crippen LogP contribution >= 0.6 is 0 Å². The van der Waals surface area contributed by atoms with Gasteiger partial charge in [0.05, 0.1) is 55.6 Å². The molecule has 19 nitrogen and oxygen atoms in total. The number of nitrogens with zero attached hydrogens (tertiary/aromatic N) is 8. The number of rotatable bonds is 13. The van der Waals surface area contributed by atoms with Crippen LogP contribution < -0.4 is 10.6 Å². The molecule has 2 aromatic rings. The Hall–Kier alpha value is -5.05. The summed E-state index contributed by atoms with van der Waals surface area (Å²) in [5.41, 5.74) is 1.09. The Bertz CT molecular complexity index is 2030. The van der Waals surface area contributed by atoms with Crippen LogP contribution in [0, 0.1) is 16.7 Å². The molecule has 4 aliphatic heterocycles. The summed E-state index contributed by atoms with van der Waals surface area (Å²) in [6.45, 7) is 7.74. The first-order valence-electron chi connectivity index (χ1n) is 20.4. The molecule has 6 rings (SSSR count). The van der Waals surface area contributed by atoms with E-state index < -0.39 is 55.2 Å². The Labute approximate surface area is 377 Å². The zero-order chi connectivity index (χ0) is 45.0. The minimum Gasteiger partial charge on any atom is -0.427 e. The molecule has 1 unspecified atom stereocenters. The second kappa shape index (κ2) is 23.0. The first-order valence-corrected chi connectivity index (χ1v) is 20.4. The molecule has 0 bridgehead atoms. The van der Waals surface area contributed by atoms with Crippen molar-refractivity contribution in [2.24, 2.45) is 5.41 Å². The van der Waals surface area contributed by atoms with Crippen LogP contribution in [0.2, 0.25) is 0 Å². The zero-order valence-electron chi connectivity index (χ0n) is 35.9. The van der Waals surface area contributed by atoms with Gasteiger partial charge in [-0.05, 0) is 32.8 Å². The van der Waals surface area contributed by atoms with Crippen molar-refractivity contribution in [3.05, 3.63) is 36.0 Å². The molecule has 22 heteroatoms. The van der Waals surface area contributed by atoms with E-state index in [2.05, 4.69) is 20.5 Å². The van der Waals surface area contributed by atoms with Crippen molar-refractivity contribution in [1.29, 1.82) is 5.26 Å². The Morgan fingerprint density at radius 1 is 0.984 bits per heavy atom. The van der Waals surface area contributed by atoms with Gasteiger partial charge >= 0.3 is 11.9 Å². The molecule has 0 aliphatic carbocycles. The molecule has 3 radical (unpaired) electrons. The van der Waals surface area contributed by atoms with Gasteiger partial charge in [-0.25, -0.2) is 8.78 Å². The number of carbonyl (C=O) groups excluding carboxylic acids is 7. The predicted octanol–water partition coefficient (Wildman–Crippen LogP) is -0.365. The molecule has 4 saturated heterocycles. The summed E-state index contributed by atoms with van der Waals surface area (Å²) in [6.07, 6.45) is 1.61. The van der Waals surface area contributed by atoms with Crippen LogP contribution in [0.5, 0.6) is 0 Å². The zero-order valence-corrected chi connectivity index (χ0v) is 38.3. The predicted molar refractivity (Wildman–Crippen MR) is 224 cm³/mol. The Kier molecular flexibility index (Phi) is 18.5. The molecule has 2 N–H and O–H groups in total. The number of amides is 4. The van der Waals surface area contributed by atoms with Crippen molar-refractivity contribution < 1.29 is 51.8 Å². The number of pyridine rings is 1. The maximum Gasteiger partial charge on any atom is 0.323 e. The molecule has 1 aromatic heterocycles. The van der Waals surface area contributed by atoms with Crippen LogP contribution in [0.1, 0.15) is 36.5 Å². The molecule has 339 valence electrons. The number of alkyl halides is 2. The van der Waals surface area contributed by atoms with E-state index in [0.717, 1.165) is 43.9 Å². The number of nitriles is 1. The second-order valence-electron chi connectivity index (χ2n) is 16.2. The normalized spacial score (nSPS) is 20.0. The number of hydrogen-bond acceptors (Lipinski definition) is 15.